The van der Waals surface area contributed by atoms with Gasteiger partial charge in [-0.2, -0.15) is 0 Å². The van der Waals surface area contributed by atoms with Gasteiger partial charge in [0, 0.05) is 5.69 Å². The van der Waals surface area contributed by atoms with E-state index in [0.717, 1.165) is 21.1 Å². The number of fused-ring (bicyclic) bond motifs is 1. The third-order valence-electron chi connectivity index (χ3n) is 2.84. The summed E-state index contributed by atoms with van der Waals surface area (Å²) in [6.07, 6.45) is 0. The topological polar surface area (TPSA) is 54.7 Å². The summed E-state index contributed by atoms with van der Waals surface area (Å²) in [4.78, 5) is 8.52. The van der Waals surface area contributed by atoms with Crippen LogP contribution in [0.3, 0.4) is 0 Å². The first kappa shape index (κ1) is 13.6. The molecule has 0 bridgehead atoms. The van der Waals surface area contributed by atoms with E-state index in [4.69, 9.17) is 28.9 Å². The molecule has 0 atom stereocenters. The van der Waals surface area contributed by atoms with Crippen molar-refractivity contribution in [1.29, 1.82) is 0 Å². The lowest BCUT2D eigenvalue weighted by Gasteiger charge is -2.05. The second-order valence-corrected chi connectivity index (χ2v) is 6.29. The molecule has 0 aliphatic carbocycles. The normalized spacial score (nSPS) is 11.2. The van der Waals surface area contributed by atoms with Crippen LogP contribution in [0.15, 0.2) is 40.4 Å². The predicted molar refractivity (Wildman–Crippen MR) is 85.8 cm³/mol. The van der Waals surface area contributed by atoms with Gasteiger partial charge in [0.2, 0.25) is 0 Å². The molecule has 1 heterocycles. The molecule has 0 aliphatic heterocycles. The van der Waals surface area contributed by atoms with Crippen molar-refractivity contribution in [1.82, 2.24) is 9.97 Å². The fraction of sp³-hybridized carbons (Fsp3) is 0.0714. The lowest BCUT2D eigenvalue weighted by molar-refractivity contribution is 1.08. The molecular weight excluding hydrogens is 313 g/mol. The van der Waals surface area contributed by atoms with Crippen molar-refractivity contribution in [3.05, 3.63) is 45.9 Å². The second-order valence-electron chi connectivity index (χ2n) is 4.48. The van der Waals surface area contributed by atoms with Crippen molar-refractivity contribution in [2.24, 2.45) is 0 Å². The quantitative estimate of drug-likeness (QED) is 0.658. The van der Waals surface area contributed by atoms with Crippen molar-refractivity contribution in [2.45, 2.75) is 17.0 Å². The number of aromatic nitrogens is 2. The molecule has 6 heteroatoms. The Balaban J connectivity index is 2.01. The van der Waals surface area contributed by atoms with Crippen LogP contribution < -0.4 is 5.73 Å². The average molecular weight is 324 g/mol. The number of nitrogen functional groups attached to an aromatic ring is 1. The fourth-order valence-corrected chi connectivity index (χ4v) is 3.47. The number of imidazole rings is 1. The van der Waals surface area contributed by atoms with Crippen LogP contribution in [0, 0.1) is 6.92 Å². The molecule has 0 radical (unpaired) electrons. The standard InChI is InChI=1S/C14H11Cl2N3S/c1-7-2-3-11-12(4-7)19-14(18-11)20-13-9(15)5-8(17)6-10(13)16/h2-6H,17H2,1H3,(H,18,19). The lowest BCUT2D eigenvalue weighted by atomic mass is 10.2. The number of rotatable bonds is 2. The van der Waals surface area contributed by atoms with Gasteiger partial charge in [-0.25, -0.2) is 4.98 Å². The molecule has 102 valence electrons. The summed E-state index contributed by atoms with van der Waals surface area (Å²) in [6, 6.07) is 9.43. The summed E-state index contributed by atoms with van der Waals surface area (Å²) in [6.45, 7) is 2.04. The molecule has 3 rings (SSSR count). The number of halogens is 2. The smallest absolute Gasteiger partial charge is 0.171 e. The lowest BCUT2D eigenvalue weighted by Crippen LogP contribution is -1.87. The van der Waals surface area contributed by atoms with Gasteiger partial charge in [-0.1, -0.05) is 29.3 Å². The van der Waals surface area contributed by atoms with E-state index in [2.05, 4.69) is 16.0 Å². The van der Waals surface area contributed by atoms with Crippen molar-refractivity contribution in [3.8, 4) is 0 Å². The molecule has 0 spiro atoms. The van der Waals surface area contributed by atoms with Gasteiger partial charge >= 0.3 is 0 Å². The monoisotopic (exact) mass is 323 g/mol. The average Bonchev–Trinajstić information content (AvgIpc) is 2.75. The summed E-state index contributed by atoms with van der Waals surface area (Å²) in [7, 11) is 0. The number of H-pyrrole nitrogens is 1. The largest absolute Gasteiger partial charge is 0.399 e. The number of nitrogens with two attached hydrogens (primary N) is 1. The van der Waals surface area contributed by atoms with Gasteiger partial charge in [0.1, 0.15) is 0 Å². The van der Waals surface area contributed by atoms with Crippen molar-refractivity contribution < 1.29 is 0 Å². The SMILES string of the molecule is Cc1ccc2nc(Sc3c(Cl)cc(N)cc3Cl)[nH]c2c1. The fourth-order valence-electron chi connectivity index (χ4n) is 1.92. The molecule has 0 unspecified atom stereocenters. The third-order valence-corrected chi connectivity index (χ3v) is 4.69. The van der Waals surface area contributed by atoms with E-state index in [-0.39, 0.29) is 0 Å². The van der Waals surface area contributed by atoms with Gasteiger partial charge in [0.15, 0.2) is 5.16 Å². The van der Waals surface area contributed by atoms with Crippen LogP contribution in [-0.2, 0) is 0 Å². The number of hydrogen-bond donors (Lipinski definition) is 2. The van der Waals surface area contributed by atoms with E-state index in [0.29, 0.717) is 15.7 Å². The van der Waals surface area contributed by atoms with E-state index in [1.54, 1.807) is 12.1 Å². The molecule has 3 N–H and O–H groups in total. The van der Waals surface area contributed by atoms with E-state index in [1.807, 2.05) is 19.1 Å². The summed E-state index contributed by atoms with van der Waals surface area (Å²) < 4.78 is 0. The molecule has 20 heavy (non-hydrogen) atoms. The minimum absolute atomic E-state index is 0.525. The first-order chi connectivity index (χ1) is 9.52. The minimum Gasteiger partial charge on any atom is -0.399 e. The van der Waals surface area contributed by atoms with Crippen LogP contribution in [0.2, 0.25) is 10.0 Å². The summed E-state index contributed by atoms with van der Waals surface area (Å²) in [5.74, 6) is 0. The predicted octanol–water partition coefficient (Wildman–Crippen LogP) is 4.91. The van der Waals surface area contributed by atoms with Crippen LogP contribution in [-0.4, -0.2) is 9.97 Å². The molecule has 0 fully saturated rings. The number of nitrogens with zero attached hydrogens (tertiary/aromatic N) is 1. The van der Waals surface area contributed by atoms with E-state index < -0.39 is 0 Å². The van der Waals surface area contributed by atoms with Gasteiger partial charge in [-0.15, -0.1) is 0 Å². The zero-order valence-corrected chi connectivity index (χ0v) is 12.9. The van der Waals surface area contributed by atoms with Crippen LogP contribution in [0.4, 0.5) is 5.69 Å². The maximum Gasteiger partial charge on any atom is 0.171 e. The van der Waals surface area contributed by atoms with Crippen molar-refractivity contribution in [3.63, 3.8) is 0 Å². The van der Waals surface area contributed by atoms with E-state index >= 15 is 0 Å². The third kappa shape index (κ3) is 2.59. The van der Waals surface area contributed by atoms with Crippen LogP contribution in [0.25, 0.3) is 11.0 Å². The zero-order chi connectivity index (χ0) is 14.3. The molecule has 0 saturated heterocycles. The maximum atomic E-state index is 6.18. The Bertz CT molecular complexity index is 775. The Morgan fingerprint density at radius 1 is 1.15 bits per heavy atom. The summed E-state index contributed by atoms with van der Waals surface area (Å²) in [5, 5.41) is 1.80. The van der Waals surface area contributed by atoms with E-state index in [1.165, 1.54) is 17.3 Å². The molecule has 1 aromatic heterocycles. The number of aromatic amines is 1. The highest BCUT2D eigenvalue weighted by Crippen LogP contribution is 2.39. The molecule has 3 nitrogen and oxygen atoms in total. The molecule has 0 amide bonds. The van der Waals surface area contributed by atoms with Crippen molar-refractivity contribution >= 4 is 51.7 Å². The Morgan fingerprint density at radius 3 is 2.55 bits per heavy atom. The van der Waals surface area contributed by atoms with Gasteiger partial charge < -0.3 is 10.7 Å². The molecule has 0 aliphatic rings. The summed E-state index contributed by atoms with van der Waals surface area (Å²) >= 11 is 13.8. The molecule has 2 aromatic carbocycles. The number of aryl methyl sites for hydroxylation is 1. The van der Waals surface area contributed by atoms with Gasteiger partial charge in [-0.3, -0.25) is 0 Å². The Kier molecular flexibility index (Phi) is 3.54. The van der Waals surface area contributed by atoms with Crippen molar-refractivity contribution in [2.75, 3.05) is 5.73 Å². The minimum atomic E-state index is 0.525. The first-order valence-corrected chi connectivity index (χ1v) is 7.49. The highest BCUT2D eigenvalue weighted by atomic mass is 35.5. The molecule has 0 saturated carbocycles. The summed E-state index contributed by atoms with van der Waals surface area (Å²) in [5.41, 5.74) is 9.34. The Labute approximate surface area is 130 Å². The van der Waals surface area contributed by atoms with Crippen LogP contribution >= 0.6 is 35.0 Å². The number of benzene rings is 2. The van der Waals surface area contributed by atoms with Crippen LogP contribution in [0.1, 0.15) is 5.56 Å². The Hall–Kier alpha value is -1.36. The number of nitrogens with one attached hydrogen (secondary N) is 1. The second kappa shape index (κ2) is 5.20. The highest BCUT2D eigenvalue weighted by Gasteiger charge is 2.12. The zero-order valence-electron chi connectivity index (χ0n) is 10.6. The van der Waals surface area contributed by atoms with E-state index in [9.17, 15) is 0 Å². The molecule has 3 aromatic rings. The van der Waals surface area contributed by atoms with Gasteiger partial charge in [0.05, 0.1) is 26.0 Å². The first-order valence-electron chi connectivity index (χ1n) is 5.91. The molecular formula is C14H11Cl2N3S. The van der Waals surface area contributed by atoms with Gasteiger partial charge in [0.25, 0.3) is 0 Å². The number of hydrogen-bond acceptors (Lipinski definition) is 3. The number of anilines is 1. The Morgan fingerprint density at radius 2 is 1.85 bits per heavy atom. The maximum absolute atomic E-state index is 6.18. The highest BCUT2D eigenvalue weighted by molar-refractivity contribution is 7.99. The van der Waals surface area contributed by atoms with Gasteiger partial charge in [-0.05, 0) is 48.5 Å². The van der Waals surface area contributed by atoms with Crippen LogP contribution in [0.5, 0.6) is 0 Å².